The van der Waals surface area contributed by atoms with Gasteiger partial charge in [-0.2, -0.15) is 13.2 Å². The Balaban J connectivity index is 2.97. The van der Waals surface area contributed by atoms with Crippen molar-refractivity contribution >= 4 is 5.91 Å². The monoisotopic (exact) mass is 315 g/mol. The van der Waals surface area contributed by atoms with Gasteiger partial charge in [-0.3, -0.25) is 10.0 Å². The first-order chi connectivity index (χ1) is 9.37. The highest BCUT2D eigenvalue weighted by Crippen LogP contribution is 2.39. The molecule has 0 saturated heterocycles. The zero-order chi connectivity index (χ0) is 16.6. The van der Waals surface area contributed by atoms with E-state index in [1.807, 2.05) is 0 Å². The van der Waals surface area contributed by atoms with Crippen LogP contribution in [0.4, 0.5) is 26.3 Å². The van der Waals surface area contributed by atoms with Gasteiger partial charge in [0.05, 0.1) is 6.54 Å². The molecule has 0 aliphatic carbocycles. The minimum absolute atomic E-state index is 0.320. The van der Waals surface area contributed by atoms with Crippen LogP contribution in [-0.4, -0.2) is 22.4 Å². The van der Waals surface area contributed by atoms with Gasteiger partial charge in [0.15, 0.2) is 17.5 Å². The van der Waals surface area contributed by atoms with E-state index >= 15 is 0 Å². The third-order valence-electron chi connectivity index (χ3n) is 2.85. The minimum Gasteiger partial charge on any atom is -0.286 e. The first-order valence-corrected chi connectivity index (χ1v) is 5.59. The van der Waals surface area contributed by atoms with Crippen molar-refractivity contribution < 1.29 is 36.3 Å². The number of hydrogen-bond donors (Lipinski definition) is 1. The van der Waals surface area contributed by atoms with Crippen molar-refractivity contribution in [2.24, 2.45) is 5.41 Å². The molecule has 0 atom stereocenters. The van der Waals surface area contributed by atoms with Gasteiger partial charge in [0.1, 0.15) is 5.41 Å². The van der Waals surface area contributed by atoms with E-state index in [0.717, 1.165) is 0 Å². The third kappa shape index (κ3) is 3.46. The Morgan fingerprint density at radius 2 is 1.57 bits per heavy atom. The molecular weight excluding hydrogens is 304 g/mol. The largest absolute Gasteiger partial charge is 0.402 e. The van der Waals surface area contributed by atoms with Gasteiger partial charge in [-0.25, -0.2) is 18.2 Å². The van der Waals surface area contributed by atoms with E-state index < -0.39 is 47.1 Å². The summed E-state index contributed by atoms with van der Waals surface area (Å²) in [5.74, 6) is -6.63. The third-order valence-corrected chi connectivity index (χ3v) is 2.85. The van der Waals surface area contributed by atoms with Gasteiger partial charge in [-0.1, -0.05) is 0 Å². The molecule has 118 valence electrons. The number of hydroxylamine groups is 2. The van der Waals surface area contributed by atoms with Crippen molar-refractivity contribution in [3.8, 4) is 0 Å². The number of alkyl halides is 3. The van der Waals surface area contributed by atoms with Crippen LogP contribution in [0, 0.1) is 22.9 Å². The van der Waals surface area contributed by atoms with Gasteiger partial charge in [0.25, 0.3) is 5.91 Å². The van der Waals surface area contributed by atoms with E-state index in [1.54, 1.807) is 0 Å². The van der Waals surface area contributed by atoms with Crippen LogP contribution in [0.25, 0.3) is 0 Å². The van der Waals surface area contributed by atoms with Crippen molar-refractivity contribution in [3.05, 3.63) is 35.1 Å². The molecule has 0 heterocycles. The molecule has 1 aromatic rings. The summed E-state index contributed by atoms with van der Waals surface area (Å²) in [5.41, 5.74) is -3.29. The molecule has 0 aliphatic heterocycles. The van der Waals surface area contributed by atoms with Crippen molar-refractivity contribution in [1.82, 2.24) is 5.06 Å². The molecule has 9 heteroatoms. The maximum Gasteiger partial charge on any atom is 0.402 e. The number of carbonyl (C=O) groups is 1. The van der Waals surface area contributed by atoms with E-state index in [4.69, 9.17) is 0 Å². The molecule has 0 aliphatic rings. The van der Waals surface area contributed by atoms with E-state index in [0.29, 0.717) is 26.0 Å². The Bertz CT molecular complexity index is 532. The van der Waals surface area contributed by atoms with Crippen LogP contribution in [0.2, 0.25) is 0 Å². The van der Waals surface area contributed by atoms with Crippen molar-refractivity contribution in [2.75, 3.05) is 0 Å². The van der Waals surface area contributed by atoms with Crippen molar-refractivity contribution in [1.29, 1.82) is 0 Å². The second kappa shape index (κ2) is 5.55. The molecular formula is C12H11F6NO2. The van der Waals surface area contributed by atoms with Crippen LogP contribution < -0.4 is 0 Å². The molecule has 0 aromatic heterocycles. The molecule has 0 radical (unpaired) electrons. The lowest BCUT2D eigenvalue weighted by atomic mass is 9.91. The molecule has 1 N–H and O–H groups in total. The highest BCUT2D eigenvalue weighted by molar-refractivity contribution is 5.81. The number of carbonyl (C=O) groups excluding carboxylic acids is 1. The lowest BCUT2D eigenvalue weighted by Gasteiger charge is -2.29. The fourth-order valence-electron chi connectivity index (χ4n) is 1.39. The van der Waals surface area contributed by atoms with Crippen LogP contribution in [0.3, 0.4) is 0 Å². The zero-order valence-corrected chi connectivity index (χ0v) is 10.9. The van der Waals surface area contributed by atoms with Crippen LogP contribution in [0.1, 0.15) is 19.4 Å². The van der Waals surface area contributed by atoms with E-state index in [2.05, 4.69) is 0 Å². The molecule has 1 amide bonds. The standard InChI is InChI=1S/C12H11F6NO2/c1-11(2,12(16,17)18)10(20)19(21)5-6-3-7(13)9(15)8(14)4-6/h3-4,21H,5H2,1-2H3. The van der Waals surface area contributed by atoms with Crippen LogP contribution >= 0.6 is 0 Å². The Morgan fingerprint density at radius 3 is 1.95 bits per heavy atom. The molecule has 0 unspecified atom stereocenters. The summed E-state index contributed by atoms with van der Waals surface area (Å²) in [6, 6.07) is 0.936. The molecule has 3 nitrogen and oxygen atoms in total. The molecule has 0 fully saturated rings. The van der Waals surface area contributed by atoms with Crippen molar-refractivity contribution in [2.45, 2.75) is 26.6 Å². The molecule has 0 spiro atoms. The summed E-state index contributed by atoms with van der Waals surface area (Å²) in [6.45, 7) is 0.168. The maximum atomic E-state index is 12.9. The average molecular weight is 315 g/mol. The molecule has 0 saturated carbocycles. The Kier molecular flexibility index (Phi) is 4.57. The van der Waals surface area contributed by atoms with E-state index in [9.17, 15) is 36.3 Å². The number of benzene rings is 1. The highest BCUT2D eigenvalue weighted by atomic mass is 19.4. The molecule has 21 heavy (non-hydrogen) atoms. The second-order valence-corrected chi connectivity index (χ2v) is 4.86. The van der Waals surface area contributed by atoms with E-state index in [1.165, 1.54) is 0 Å². The minimum atomic E-state index is -4.93. The summed E-state index contributed by atoms with van der Waals surface area (Å²) in [4.78, 5) is 11.5. The van der Waals surface area contributed by atoms with Crippen LogP contribution in [0.15, 0.2) is 12.1 Å². The number of hydrogen-bond acceptors (Lipinski definition) is 2. The van der Waals surface area contributed by atoms with Gasteiger partial charge < -0.3 is 0 Å². The first kappa shape index (κ1) is 17.3. The Labute approximate surface area is 115 Å². The predicted molar refractivity (Wildman–Crippen MR) is 58.5 cm³/mol. The molecule has 1 rings (SSSR count). The number of nitrogens with zero attached hydrogens (tertiary/aromatic N) is 1. The summed E-state index contributed by atoms with van der Waals surface area (Å²) in [7, 11) is 0. The first-order valence-electron chi connectivity index (χ1n) is 5.59. The summed E-state index contributed by atoms with van der Waals surface area (Å²) in [6.07, 6.45) is -4.93. The summed E-state index contributed by atoms with van der Waals surface area (Å²) >= 11 is 0. The smallest absolute Gasteiger partial charge is 0.286 e. The summed E-state index contributed by atoms with van der Waals surface area (Å²) in [5, 5.41) is 9.05. The topological polar surface area (TPSA) is 40.5 Å². The zero-order valence-electron chi connectivity index (χ0n) is 10.9. The van der Waals surface area contributed by atoms with Gasteiger partial charge in [-0.15, -0.1) is 0 Å². The number of halogens is 6. The van der Waals surface area contributed by atoms with Gasteiger partial charge in [0.2, 0.25) is 0 Å². The van der Waals surface area contributed by atoms with Crippen molar-refractivity contribution in [3.63, 3.8) is 0 Å². The quantitative estimate of drug-likeness (QED) is 0.402. The molecule has 1 aromatic carbocycles. The predicted octanol–water partition coefficient (Wildman–Crippen LogP) is 3.41. The Morgan fingerprint density at radius 1 is 1.14 bits per heavy atom. The molecule has 0 bridgehead atoms. The normalized spacial score (nSPS) is 12.4. The van der Waals surface area contributed by atoms with Gasteiger partial charge >= 0.3 is 6.18 Å². The fourth-order valence-corrected chi connectivity index (χ4v) is 1.39. The van der Waals surface area contributed by atoms with E-state index in [-0.39, 0.29) is 5.06 Å². The van der Waals surface area contributed by atoms with Gasteiger partial charge in [-0.05, 0) is 31.5 Å². The average Bonchev–Trinajstić information content (AvgIpc) is 2.33. The SMILES string of the molecule is CC(C)(C(=O)N(O)Cc1cc(F)c(F)c(F)c1)C(F)(F)F. The Hall–Kier alpha value is -1.77. The number of amides is 1. The lowest BCUT2D eigenvalue weighted by Crippen LogP contribution is -2.47. The second-order valence-electron chi connectivity index (χ2n) is 4.86. The number of rotatable bonds is 3. The van der Waals surface area contributed by atoms with Gasteiger partial charge in [0, 0.05) is 0 Å². The maximum absolute atomic E-state index is 12.9. The lowest BCUT2D eigenvalue weighted by molar-refractivity contribution is -0.234. The van der Waals surface area contributed by atoms with Crippen LogP contribution in [-0.2, 0) is 11.3 Å². The highest BCUT2D eigenvalue weighted by Gasteiger charge is 2.54. The fraction of sp³-hybridized carbons (Fsp3) is 0.417. The van der Waals surface area contributed by atoms with Crippen LogP contribution in [0.5, 0.6) is 0 Å². The summed E-state index contributed by atoms with van der Waals surface area (Å²) < 4.78 is 76.5.